The Hall–Kier alpha value is -1.17. The molecule has 2 unspecified atom stereocenters. The van der Waals surface area contributed by atoms with Crippen molar-refractivity contribution in [1.82, 2.24) is 4.98 Å². The molecule has 1 fully saturated rings. The van der Waals surface area contributed by atoms with Crippen molar-refractivity contribution in [3.63, 3.8) is 0 Å². The van der Waals surface area contributed by atoms with Gasteiger partial charge in [-0.05, 0) is 46.5 Å². The summed E-state index contributed by atoms with van der Waals surface area (Å²) in [6.07, 6.45) is 4.48. The van der Waals surface area contributed by atoms with Crippen molar-refractivity contribution >= 4 is 21.6 Å². The van der Waals surface area contributed by atoms with E-state index in [2.05, 4.69) is 41.7 Å². The minimum absolute atomic E-state index is 0.0128. The summed E-state index contributed by atoms with van der Waals surface area (Å²) in [4.78, 5) is 14.7. The molecule has 2 rings (SSSR count). The minimum atomic E-state index is -0.454. The van der Waals surface area contributed by atoms with Crippen molar-refractivity contribution in [1.29, 1.82) is 0 Å². The highest BCUT2D eigenvalue weighted by Crippen LogP contribution is 2.40. The van der Waals surface area contributed by atoms with E-state index in [1.807, 2.05) is 0 Å². The molecule has 0 aliphatic heterocycles. The zero-order valence-corrected chi connectivity index (χ0v) is 13.5. The van der Waals surface area contributed by atoms with E-state index >= 15 is 0 Å². The number of hydrogen-bond acceptors (Lipinski definition) is 4. The van der Waals surface area contributed by atoms with Crippen LogP contribution in [0.5, 0.6) is 5.88 Å². The zero-order chi connectivity index (χ0) is 14.9. The van der Waals surface area contributed by atoms with E-state index in [-0.39, 0.29) is 23.1 Å². The topological polar surface area (TPSA) is 65.3 Å². The normalized spacial score (nSPS) is 25.2. The number of halogens is 1. The van der Waals surface area contributed by atoms with Gasteiger partial charge in [0.25, 0.3) is 5.88 Å². The summed E-state index contributed by atoms with van der Waals surface area (Å²) in [6.45, 7) is 6.62. The van der Waals surface area contributed by atoms with E-state index in [1.165, 1.54) is 12.3 Å². The summed E-state index contributed by atoms with van der Waals surface area (Å²) in [5.41, 5.74) is 0.113. The van der Waals surface area contributed by atoms with E-state index in [1.54, 1.807) is 0 Å². The summed E-state index contributed by atoms with van der Waals surface area (Å²) in [5, 5.41) is 11.1. The lowest BCUT2D eigenvalue weighted by Gasteiger charge is -2.38. The van der Waals surface area contributed by atoms with Gasteiger partial charge in [0.1, 0.15) is 6.10 Å². The molecule has 110 valence electrons. The molecule has 2 atom stereocenters. The predicted molar refractivity (Wildman–Crippen MR) is 79.8 cm³/mol. The molecule has 0 aromatic carbocycles. The van der Waals surface area contributed by atoms with E-state index in [4.69, 9.17) is 4.74 Å². The standard InChI is InChI=1S/C14H19BrN2O3/c1-9-4-11(7-14(2,3)6-9)20-13-12(17(18)19)5-10(15)8-16-13/h5,8-9,11H,4,6-7H2,1-3H3. The molecule has 1 aliphatic carbocycles. The molecule has 20 heavy (non-hydrogen) atoms. The van der Waals surface area contributed by atoms with Crippen molar-refractivity contribution in [3.8, 4) is 5.88 Å². The van der Waals surface area contributed by atoms with Gasteiger partial charge < -0.3 is 4.74 Å². The van der Waals surface area contributed by atoms with Crippen LogP contribution in [-0.4, -0.2) is 16.0 Å². The van der Waals surface area contributed by atoms with Gasteiger partial charge in [-0.15, -0.1) is 0 Å². The molecular formula is C14H19BrN2O3. The van der Waals surface area contributed by atoms with Crippen LogP contribution in [0, 0.1) is 21.4 Å². The fraction of sp³-hybridized carbons (Fsp3) is 0.643. The number of pyridine rings is 1. The van der Waals surface area contributed by atoms with Crippen molar-refractivity contribution in [2.45, 2.75) is 46.1 Å². The van der Waals surface area contributed by atoms with Gasteiger partial charge in [-0.3, -0.25) is 10.1 Å². The maximum atomic E-state index is 11.1. The van der Waals surface area contributed by atoms with Crippen molar-refractivity contribution in [3.05, 3.63) is 26.9 Å². The lowest BCUT2D eigenvalue weighted by molar-refractivity contribution is -0.386. The number of nitrogens with zero attached hydrogens (tertiary/aromatic N) is 2. The van der Waals surface area contributed by atoms with Gasteiger partial charge in [-0.25, -0.2) is 4.98 Å². The van der Waals surface area contributed by atoms with Gasteiger partial charge >= 0.3 is 5.69 Å². The van der Waals surface area contributed by atoms with Crippen LogP contribution in [0.2, 0.25) is 0 Å². The number of rotatable bonds is 3. The molecule has 0 bridgehead atoms. The van der Waals surface area contributed by atoms with E-state index in [0.29, 0.717) is 10.4 Å². The molecule has 1 saturated carbocycles. The highest BCUT2D eigenvalue weighted by molar-refractivity contribution is 9.10. The Balaban J connectivity index is 2.19. The third kappa shape index (κ3) is 3.69. The molecule has 0 saturated heterocycles. The van der Waals surface area contributed by atoms with E-state index < -0.39 is 4.92 Å². The van der Waals surface area contributed by atoms with Crippen molar-refractivity contribution in [2.24, 2.45) is 11.3 Å². The van der Waals surface area contributed by atoms with Gasteiger partial charge in [0.2, 0.25) is 0 Å². The second-order valence-electron chi connectivity index (χ2n) is 6.39. The molecule has 0 amide bonds. The summed E-state index contributed by atoms with van der Waals surface area (Å²) in [6, 6.07) is 1.43. The number of hydrogen-bond donors (Lipinski definition) is 0. The van der Waals surface area contributed by atoms with Crippen molar-refractivity contribution in [2.75, 3.05) is 0 Å². The molecule has 0 spiro atoms. The number of aromatic nitrogens is 1. The molecule has 6 heteroatoms. The molecule has 1 aromatic rings. The van der Waals surface area contributed by atoms with E-state index in [9.17, 15) is 10.1 Å². The number of ether oxygens (including phenoxy) is 1. The van der Waals surface area contributed by atoms with E-state index in [0.717, 1.165) is 19.3 Å². The average Bonchev–Trinajstić information content (AvgIpc) is 2.28. The summed E-state index contributed by atoms with van der Waals surface area (Å²) in [7, 11) is 0. The quantitative estimate of drug-likeness (QED) is 0.605. The minimum Gasteiger partial charge on any atom is -0.469 e. The summed E-state index contributed by atoms with van der Waals surface area (Å²) >= 11 is 3.19. The Kier molecular flexibility index (Phi) is 4.32. The van der Waals surface area contributed by atoms with Gasteiger partial charge in [0.05, 0.1) is 4.92 Å². The molecule has 1 aromatic heterocycles. The smallest absolute Gasteiger partial charge is 0.332 e. The maximum Gasteiger partial charge on any atom is 0.332 e. The zero-order valence-electron chi connectivity index (χ0n) is 11.9. The fourth-order valence-electron chi connectivity index (χ4n) is 3.14. The van der Waals surface area contributed by atoms with Crippen LogP contribution in [0.3, 0.4) is 0 Å². The molecule has 1 heterocycles. The monoisotopic (exact) mass is 342 g/mol. The highest BCUT2D eigenvalue weighted by Gasteiger charge is 2.34. The predicted octanol–water partition coefficient (Wildman–Crippen LogP) is 4.35. The van der Waals surface area contributed by atoms with Crippen LogP contribution in [0.4, 0.5) is 5.69 Å². The third-order valence-electron chi connectivity index (χ3n) is 3.62. The van der Waals surface area contributed by atoms with Crippen LogP contribution in [0.1, 0.15) is 40.0 Å². The molecule has 1 aliphatic rings. The Bertz CT molecular complexity index is 519. The first-order chi connectivity index (χ1) is 9.27. The van der Waals surface area contributed by atoms with Gasteiger partial charge in [-0.2, -0.15) is 0 Å². The Morgan fingerprint density at radius 3 is 2.80 bits per heavy atom. The number of nitro groups is 1. The fourth-order valence-corrected chi connectivity index (χ4v) is 3.46. The summed E-state index contributed by atoms with van der Waals surface area (Å²) < 4.78 is 6.41. The molecule has 0 radical (unpaired) electrons. The molecule has 0 N–H and O–H groups in total. The first-order valence-electron chi connectivity index (χ1n) is 6.73. The van der Waals surface area contributed by atoms with Crippen LogP contribution in [0.25, 0.3) is 0 Å². The second-order valence-corrected chi connectivity index (χ2v) is 7.30. The average molecular weight is 343 g/mol. The second kappa shape index (κ2) is 5.68. The van der Waals surface area contributed by atoms with Gasteiger partial charge in [0.15, 0.2) is 0 Å². The first-order valence-corrected chi connectivity index (χ1v) is 7.53. The van der Waals surface area contributed by atoms with Gasteiger partial charge in [-0.1, -0.05) is 20.8 Å². The Labute approximate surface area is 127 Å². The van der Waals surface area contributed by atoms with Gasteiger partial charge in [0, 0.05) is 16.7 Å². The van der Waals surface area contributed by atoms with Crippen LogP contribution in [-0.2, 0) is 0 Å². The van der Waals surface area contributed by atoms with Crippen LogP contribution < -0.4 is 4.74 Å². The Morgan fingerprint density at radius 2 is 2.20 bits per heavy atom. The van der Waals surface area contributed by atoms with Crippen LogP contribution >= 0.6 is 15.9 Å². The Morgan fingerprint density at radius 1 is 1.50 bits per heavy atom. The first kappa shape index (κ1) is 15.2. The SMILES string of the molecule is CC1CC(Oc2ncc(Br)cc2[N+](=O)[O-])CC(C)(C)C1. The molecular weight excluding hydrogens is 324 g/mol. The van der Waals surface area contributed by atoms with Crippen LogP contribution in [0.15, 0.2) is 16.7 Å². The maximum absolute atomic E-state index is 11.1. The third-order valence-corrected chi connectivity index (χ3v) is 4.05. The van der Waals surface area contributed by atoms with Crippen molar-refractivity contribution < 1.29 is 9.66 Å². The highest BCUT2D eigenvalue weighted by atomic mass is 79.9. The summed E-state index contributed by atoms with van der Waals surface area (Å²) in [5.74, 6) is 0.673. The largest absolute Gasteiger partial charge is 0.469 e. The lowest BCUT2D eigenvalue weighted by Crippen LogP contribution is -2.34. The molecule has 5 nitrogen and oxygen atoms in total. The lowest BCUT2D eigenvalue weighted by atomic mass is 9.71.